The highest BCUT2D eigenvalue weighted by Gasteiger charge is 2.04. The maximum atomic E-state index is 10.8. The SMILES string of the molecule is C[C@H](O)c1ccc2[nH]c(=O)oc2c1. The highest BCUT2D eigenvalue weighted by atomic mass is 16.4. The second-order valence-electron chi connectivity index (χ2n) is 2.95. The Hall–Kier alpha value is -1.55. The minimum atomic E-state index is -0.551. The lowest BCUT2D eigenvalue weighted by atomic mass is 10.1. The molecule has 1 atom stereocenters. The Bertz CT molecular complexity index is 481. The summed E-state index contributed by atoms with van der Waals surface area (Å²) in [7, 11) is 0. The monoisotopic (exact) mass is 179 g/mol. The molecule has 0 aliphatic rings. The summed E-state index contributed by atoms with van der Waals surface area (Å²) in [5, 5.41) is 9.26. The zero-order chi connectivity index (χ0) is 9.42. The predicted molar refractivity (Wildman–Crippen MR) is 47.5 cm³/mol. The normalized spacial score (nSPS) is 13.4. The van der Waals surface area contributed by atoms with Gasteiger partial charge in [-0.05, 0) is 24.6 Å². The first kappa shape index (κ1) is 8.07. The number of nitrogens with one attached hydrogen (secondary N) is 1. The van der Waals surface area contributed by atoms with Crippen molar-refractivity contribution in [1.29, 1.82) is 0 Å². The van der Waals surface area contributed by atoms with Gasteiger partial charge in [0.1, 0.15) is 0 Å². The number of fused-ring (bicyclic) bond motifs is 1. The molecule has 0 spiro atoms. The number of aliphatic hydroxyl groups is 1. The number of benzene rings is 1. The molecule has 13 heavy (non-hydrogen) atoms. The molecule has 68 valence electrons. The van der Waals surface area contributed by atoms with Crippen molar-refractivity contribution < 1.29 is 9.52 Å². The summed E-state index contributed by atoms with van der Waals surface area (Å²) >= 11 is 0. The van der Waals surface area contributed by atoms with E-state index in [9.17, 15) is 9.90 Å². The highest BCUT2D eigenvalue weighted by Crippen LogP contribution is 2.17. The molecule has 0 saturated carbocycles. The summed E-state index contributed by atoms with van der Waals surface area (Å²) in [5.41, 5.74) is 1.85. The van der Waals surface area contributed by atoms with Crippen LogP contribution in [0, 0.1) is 0 Å². The van der Waals surface area contributed by atoms with Crippen LogP contribution in [0.15, 0.2) is 27.4 Å². The molecule has 0 saturated heterocycles. The fourth-order valence-corrected chi connectivity index (χ4v) is 1.22. The first-order chi connectivity index (χ1) is 6.16. The van der Waals surface area contributed by atoms with Crippen LogP contribution in [0.1, 0.15) is 18.6 Å². The zero-order valence-corrected chi connectivity index (χ0v) is 7.07. The molecule has 2 rings (SSSR count). The molecule has 2 N–H and O–H groups in total. The fraction of sp³-hybridized carbons (Fsp3) is 0.222. The zero-order valence-electron chi connectivity index (χ0n) is 7.07. The Kier molecular flexibility index (Phi) is 1.70. The van der Waals surface area contributed by atoms with Crippen LogP contribution in [0.2, 0.25) is 0 Å². The third-order valence-electron chi connectivity index (χ3n) is 1.93. The van der Waals surface area contributed by atoms with Crippen LogP contribution in [0.5, 0.6) is 0 Å². The van der Waals surface area contributed by atoms with Crippen LogP contribution >= 0.6 is 0 Å². The number of rotatable bonds is 1. The third kappa shape index (κ3) is 1.36. The molecule has 0 amide bonds. The van der Waals surface area contributed by atoms with E-state index in [1.165, 1.54) is 0 Å². The summed E-state index contributed by atoms with van der Waals surface area (Å²) in [4.78, 5) is 13.3. The minimum Gasteiger partial charge on any atom is -0.408 e. The van der Waals surface area contributed by atoms with Gasteiger partial charge in [-0.1, -0.05) is 6.07 Å². The van der Waals surface area contributed by atoms with Gasteiger partial charge >= 0.3 is 5.76 Å². The standard InChI is InChI=1S/C9H9NO3/c1-5(11)6-2-3-7-8(4-6)13-9(12)10-7/h2-5,11H,1H3,(H,10,12)/t5-/m0/s1. The highest BCUT2D eigenvalue weighted by molar-refractivity contribution is 5.72. The van der Waals surface area contributed by atoms with Gasteiger partial charge in [-0.25, -0.2) is 4.79 Å². The van der Waals surface area contributed by atoms with Crippen LogP contribution in [0.4, 0.5) is 0 Å². The van der Waals surface area contributed by atoms with Gasteiger partial charge < -0.3 is 9.52 Å². The average Bonchev–Trinajstić information content (AvgIpc) is 2.42. The van der Waals surface area contributed by atoms with Crippen LogP contribution in [0.25, 0.3) is 11.1 Å². The Labute approximate surface area is 73.8 Å². The van der Waals surface area contributed by atoms with E-state index in [0.717, 1.165) is 5.56 Å². The van der Waals surface area contributed by atoms with Crippen molar-refractivity contribution >= 4 is 11.1 Å². The molecule has 0 aliphatic carbocycles. The number of aromatic nitrogens is 1. The van der Waals surface area contributed by atoms with Gasteiger partial charge in [0.05, 0.1) is 11.6 Å². The van der Waals surface area contributed by atoms with E-state index >= 15 is 0 Å². The van der Waals surface area contributed by atoms with E-state index in [-0.39, 0.29) is 0 Å². The van der Waals surface area contributed by atoms with Gasteiger partial charge in [-0.2, -0.15) is 0 Å². The number of aliphatic hydroxyl groups excluding tert-OH is 1. The Morgan fingerprint density at radius 2 is 2.31 bits per heavy atom. The molecule has 0 aliphatic heterocycles. The van der Waals surface area contributed by atoms with Crippen molar-refractivity contribution in [2.24, 2.45) is 0 Å². The minimum absolute atomic E-state index is 0.474. The van der Waals surface area contributed by atoms with Gasteiger partial charge in [0, 0.05) is 0 Å². The maximum Gasteiger partial charge on any atom is 0.417 e. The molecule has 4 nitrogen and oxygen atoms in total. The largest absolute Gasteiger partial charge is 0.417 e. The molecule has 4 heteroatoms. The predicted octanol–water partition coefficient (Wildman–Crippen LogP) is 1.17. The number of hydrogen-bond acceptors (Lipinski definition) is 3. The van der Waals surface area contributed by atoms with E-state index in [1.807, 2.05) is 0 Å². The lowest BCUT2D eigenvalue weighted by Crippen LogP contribution is -1.92. The molecular weight excluding hydrogens is 170 g/mol. The molecule has 1 aromatic carbocycles. The smallest absolute Gasteiger partial charge is 0.408 e. The van der Waals surface area contributed by atoms with E-state index < -0.39 is 11.9 Å². The second-order valence-corrected chi connectivity index (χ2v) is 2.95. The van der Waals surface area contributed by atoms with Gasteiger partial charge in [0.2, 0.25) is 0 Å². The van der Waals surface area contributed by atoms with Gasteiger partial charge in [-0.3, -0.25) is 4.98 Å². The molecule has 0 unspecified atom stereocenters. The van der Waals surface area contributed by atoms with Crippen LogP contribution in [0.3, 0.4) is 0 Å². The summed E-state index contributed by atoms with van der Waals surface area (Å²) < 4.78 is 4.84. The Balaban J connectivity index is 2.68. The number of aromatic amines is 1. The first-order valence-corrected chi connectivity index (χ1v) is 3.97. The summed E-state index contributed by atoms with van der Waals surface area (Å²) in [6, 6.07) is 5.11. The maximum absolute atomic E-state index is 10.8. The lowest BCUT2D eigenvalue weighted by Gasteiger charge is -2.02. The van der Waals surface area contributed by atoms with Crippen molar-refractivity contribution in [3.63, 3.8) is 0 Å². The molecular formula is C9H9NO3. The van der Waals surface area contributed by atoms with Crippen molar-refractivity contribution in [2.75, 3.05) is 0 Å². The summed E-state index contributed by atoms with van der Waals surface area (Å²) in [5.74, 6) is -0.474. The van der Waals surface area contributed by atoms with Gasteiger partial charge in [-0.15, -0.1) is 0 Å². The number of H-pyrrole nitrogens is 1. The molecule has 0 radical (unpaired) electrons. The number of hydrogen-bond donors (Lipinski definition) is 2. The fourth-order valence-electron chi connectivity index (χ4n) is 1.22. The van der Waals surface area contributed by atoms with E-state index in [1.54, 1.807) is 25.1 Å². The summed E-state index contributed by atoms with van der Waals surface area (Å²) in [6.45, 7) is 1.66. The number of oxazole rings is 1. The lowest BCUT2D eigenvalue weighted by molar-refractivity contribution is 0.199. The Morgan fingerprint density at radius 1 is 1.54 bits per heavy atom. The molecule has 0 fully saturated rings. The van der Waals surface area contributed by atoms with E-state index in [4.69, 9.17) is 4.42 Å². The first-order valence-electron chi connectivity index (χ1n) is 3.97. The van der Waals surface area contributed by atoms with Gasteiger partial charge in [0.15, 0.2) is 5.58 Å². The molecule has 1 aromatic heterocycles. The van der Waals surface area contributed by atoms with E-state index in [2.05, 4.69) is 4.98 Å². The topological polar surface area (TPSA) is 66.2 Å². The Morgan fingerprint density at radius 3 is 3.00 bits per heavy atom. The van der Waals surface area contributed by atoms with Crippen molar-refractivity contribution in [2.45, 2.75) is 13.0 Å². The third-order valence-corrected chi connectivity index (χ3v) is 1.93. The van der Waals surface area contributed by atoms with Crippen LogP contribution in [-0.4, -0.2) is 10.1 Å². The van der Waals surface area contributed by atoms with Crippen LogP contribution in [-0.2, 0) is 0 Å². The molecule has 1 heterocycles. The van der Waals surface area contributed by atoms with Gasteiger partial charge in [0.25, 0.3) is 0 Å². The van der Waals surface area contributed by atoms with Crippen LogP contribution < -0.4 is 5.76 Å². The quantitative estimate of drug-likeness (QED) is 0.690. The summed E-state index contributed by atoms with van der Waals surface area (Å²) in [6.07, 6.45) is -0.551. The second kappa shape index (κ2) is 2.74. The van der Waals surface area contributed by atoms with Crippen molar-refractivity contribution in [3.05, 3.63) is 34.3 Å². The molecule has 2 aromatic rings. The van der Waals surface area contributed by atoms with Crippen molar-refractivity contribution in [3.8, 4) is 0 Å². The van der Waals surface area contributed by atoms with E-state index in [0.29, 0.717) is 11.1 Å². The molecule has 0 bridgehead atoms. The van der Waals surface area contributed by atoms with Crippen molar-refractivity contribution in [1.82, 2.24) is 4.98 Å². The average molecular weight is 179 g/mol.